The summed E-state index contributed by atoms with van der Waals surface area (Å²) in [7, 11) is 0. The molecule has 0 N–H and O–H groups in total. The molecule has 0 radical (unpaired) electrons. The SMILES string of the molecule is O=C[C@H](COCc1ccccc1)Cc1ccccc1. The molecular weight excluding hydrogens is 236 g/mol. The van der Waals surface area contributed by atoms with Gasteiger partial charge in [0.15, 0.2) is 0 Å². The summed E-state index contributed by atoms with van der Waals surface area (Å²) >= 11 is 0. The summed E-state index contributed by atoms with van der Waals surface area (Å²) in [6.45, 7) is 1.02. The van der Waals surface area contributed by atoms with Gasteiger partial charge in [0.25, 0.3) is 0 Å². The molecule has 0 saturated heterocycles. The molecule has 98 valence electrons. The molecule has 19 heavy (non-hydrogen) atoms. The van der Waals surface area contributed by atoms with E-state index in [0.717, 1.165) is 18.3 Å². The maximum atomic E-state index is 11.1. The second kappa shape index (κ2) is 7.49. The third-order valence-electron chi connectivity index (χ3n) is 2.98. The van der Waals surface area contributed by atoms with Crippen molar-refractivity contribution in [1.29, 1.82) is 0 Å². The lowest BCUT2D eigenvalue weighted by molar-refractivity contribution is -0.113. The summed E-state index contributed by atoms with van der Waals surface area (Å²) in [5, 5.41) is 0. The summed E-state index contributed by atoms with van der Waals surface area (Å²) in [6.07, 6.45) is 1.72. The topological polar surface area (TPSA) is 26.3 Å². The van der Waals surface area contributed by atoms with Crippen LogP contribution in [0.2, 0.25) is 0 Å². The second-order valence-electron chi connectivity index (χ2n) is 4.59. The Balaban J connectivity index is 1.78. The maximum absolute atomic E-state index is 11.1. The zero-order chi connectivity index (χ0) is 13.3. The number of ether oxygens (including phenoxy) is 1. The fourth-order valence-corrected chi connectivity index (χ4v) is 1.97. The van der Waals surface area contributed by atoms with E-state index in [1.54, 1.807) is 0 Å². The van der Waals surface area contributed by atoms with E-state index in [0.29, 0.717) is 13.2 Å². The number of benzene rings is 2. The van der Waals surface area contributed by atoms with E-state index in [1.165, 1.54) is 5.56 Å². The summed E-state index contributed by atoms with van der Waals surface area (Å²) in [5.74, 6) is -0.0777. The zero-order valence-corrected chi connectivity index (χ0v) is 10.9. The average molecular weight is 254 g/mol. The van der Waals surface area contributed by atoms with Crippen LogP contribution in [0.15, 0.2) is 60.7 Å². The van der Waals surface area contributed by atoms with E-state index < -0.39 is 0 Å². The minimum Gasteiger partial charge on any atom is -0.376 e. The lowest BCUT2D eigenvalue weighted by Crippen LogP contribution is -2.14. The molecule has 0 spiro atoms. The third-order valence-corrected chi connectivity index (χ3v) is 2.98. The smallest absolute Gasteiger partial charge is 0.125 e. The number of hydrogen-bond acceptors (Lipinski definition) is 2. The van der Waals surface area contributed by atoms with E-state index in [1.807, 2.05) is 60.7 Å². The lowest BCUT2D eigenvalue weighted by Gasteiger charge is -2.11. The number of aldehydes is 1. The Morgan fingerprint density at radius 2 is 1.47 bits per heavy atom. The van der Waals surface area contributed by atoms with Crippen molar-refractivity contribution in [3.05, 3.63) is 71.8 Å². The molecule has 0 aliphatic heterocycles. The molecule has 0 aliphatic rings. The normalized spacial score (nSPS) is 12.0. The van der Waals surface area contributed by atoms with Gasteiger partial charge in [-0.15, -0.1) is 0 Å². The van der Waals surface area contributed by atoms with Gasteiger partial charge in [-0.3, -0.25) is 0 Å². The Kier molecular flexibility index (Phi) is 5.32. The van der Waals surface area contributed by atoms with Gasteiger partial charge in [0.05, 0.1) is 13.2 Å². The number of rotatable bonds is 7. The van der Waals surface area contributed by atoms with Crippen molar-refractivity contribution in [1.82, 2.24) is 0 Å². The zero-order valence-electron chi connectivity index (χ0n) is 10.9. The molecule has 0 fully saturated rings. The Labute approximate surface area is 114 Å². The first-order chi connectivity index (χ1) is 9.38. The Morgan fingerprint density at radius 1 is 0.895 bits per heavy atom. The molecule has 2 heteroatoms. The van der Waals surface area contributed by atoms with Crippen molar-refractivity contribution in [2.75, 3.05) is 6.61 Å². The first-order valence-corrected chi connectivity index (χ1v) is 6.49. The average Bonchev–Trinajstić information content (AvgIpc) is 2.48. The van der Waals surface area contributed by atoms with Gasteiger partial charge < -0.3 is 9.53 Å². The summed E-state index contributed by atoms with van der Waals surface area (Å²) < 4.78 is 5.61. The molecule has 2 nitrogen and oxygen atoms in total. The largest absolute Gasteiger partial charge is 0.376 e. The molecule has 0 amide bonds. The standard InChI is InChI=1S/C17H18O2/c18-12-17(11-15-7-3-1-4-8-15)14-19-13-16-9-5-2-6-10-16/h1-10,12,17H,11,13-14H2/t17-/m1/s1. The highest BCUT2D eigenvalue weighted by atomic mass is 16.5. The van der Waals surface area contributed by atoms with Crippen molar-refractivity contribution in [2.24, 2.45) is 5.92 Å². The summed E-state index contributed by atoms with van der Waals surface area (Å²) in [4.78, 5) is 11.1. The molecule has 1 atom stereocenters. The minimum atomic E-state index is -0.0777. The molecule has 0 aliphatic carbocycles. The van der Waals surface area contributed by atoms with Gasteiger partial charge in [0, 0.05) is 5.92 Å². The van der Waals surface area contributed by atoms with Crippen molar-refractivity contribution in [3.63, 3.8) is 0 Å². The van der Waals surface area contributed by atoms with Gasteiger partial charge in [0.2, 0.25) is 0 Å². The Bertz CT molecular complexity index is 479. The minimum absolute atomic E-state index is 0.0777. The quantitative estimate of drug-likeness (QED) is 0.709. The van der Waals surface area contributed by atoms with Gasteiger partial charge in [-0.05, 0) is 17.5 Å². The summed E-state index contributed by atoms with van der Waals surface area (Å²) in [6, 6.07) is 20.0. The maximum Gasteiger partial charge on any atom is 0.125 e. The van der Waals surface area contributed by atoms with Crippen LogP contribution in [0.5, 0.6) is 0 Å². The van der Waals surface area contributed by atoms with Crippen molar-refractivity contribution in [2.45, 2.75) is 13.0 Å². The van der Waals surface area contributed by atoms with Crippen LogP contribution in [0, 0.1) is 5.92 Å². The highest BCUT2D eigenvalue weighted by Crippen LogP contribution is 2.09. The fourth-order valence-electron chi connectivity index (χ4n) is 1.97. The molecule has 0 unspecified atom stereocenters. The van der Waals surface area contributed by atoms with Crippen molar-refractivity contribution < 1.29 is 9.53 Å². The van der Waals surface area contributed by atoms with E-state index in [4.69, 9.17) is 4.74 Å². The van der Waals surface area contributed by atoms with Gasteiger partial charge in [-0.25, -0.2) is 0 Å². The second-order valence-corrected chi connectivity index (χ2v) is 4.59. The first kappa shape index (κ1) is 13.5. The number of carbonyl (C=O) groups is 1. The molecule has 2 aromatic carbocycles. The number of hydrogen-bond donors (Lipinski definition) is 0. The molecule has 0 saturated carbocycles. The van der Waals surface area contributed by atoms with Gasteiger partial charge in [-0.2, -0.15) is 0 Å². The molecule has 2 rings (SSSR count). The first-order valence-electron chi connectivity index (χ1n) is 6.49. The fraction of sp³-hybridized carbons (Fsp3) is 0.235. The monoisotopic (exact) mass is 254 g/mol. The van der Waals surface area contributed by atoms with E-state index in [2.05, 4.69) is 0 Å². The van der Waals surface area contributed by atoms with E-state index >= 15 is 0 Å². The van der Waals surface area contributed by atoms with Crippen molar-refractivity contribution in [3.8, 4) is 0 Å². The van der Waals surface area contributed by atoms with Gasteiger partial charge >= 0.3 is 0 Å². The van der Waals surface area contributed by atoms with Crippen LogP contribution in [0.25, 0.3) is 0 Å². The third kappa shape index (κ3) is 4.68. The van der Waals surface area contributed by atoms with Crippen LogP contribution in [0.3, 0.4) is 0 Å². The molecule has 0 bridgehead atoms. The van der Waals surface area contributed by atoms with Gasteiger partial charge in [0.1, 0.15) is 6.29 Å². The predicted molar refractivity (Wildman–Crippen MR) is 75.8 cm³/mol. The van der Waals surface area contributed by atoms with E-state index in [9.17, 15) is 4.79 Å². The highest BCUT2D eigenvalue weighted by molar-refractivity contribution is 5.54. The van der Waals surface area contributed by atoms with Crippen LogP contribution in [0.1, 0.15) is 11.1 Å². The number of carbonyl (C=O) groups excluding carboxylic acids is 1. The predicted octanol–water partition coefficient (Wildman–Crippen LogP) is 3.26. The summed E-state index contributed by atoms with van der Waals surface area (Å²) in [5.41, 5.74) is 2.30. The van der Waals surface area contributed by atoms with Crippen LogP contribution < -0.4 is 0 Å². The van der Waals surface area contributed by atoms with Crippen molar-refractivity contribution >= 4 is 6.29 Å². The van der Waals surface area contributed by atoms with Crippen LogP contribution in [-0.4, -0.2) is 12.9 Å². The Hall–Kier alpha value is -1.93. The highest BCUT2D eigenvalue weighted by Gasteiger charge is 2.08. The molecular formula is C17H18O2. The van der Waals surface area contributed by atoms with Crippen LogP contribution in [0.4, 0.5) is 0 Å². The lowest BCUT2D eigenvalue weighted by atomic mass is 10.0. The molecule has 2 aromatic rings. The van der Waals surface area contributed by atoms with E-state index in [-0.39, 0.29) is 5.92 Å². The Morgan fingerprint density at radius 3 is 2.05 bits per heavy atom. The van der Waals surface area contributed by atoms with Gasteiger partial charge in [-0.1, -0.05) is 60.7 Å². The van der Waals surface area contributed by atoms with Crippen LogP contribution >= 0.6 is 0 Å². The van der Waals surface area contributed by atoms with Crippen LogP contribution in [-0.2, 0) is 22.6 Å². The molecule has 0 heterocycles. The molecule has 0 aromatic heterocycles.